The number of hydrogen-bond acceptors (Lipinski definition) is 5. The molecule has 1 aromatic rings. The lowest BCUT2D eigenvalue weighted by Gasteiger charge is -2.19. The minimum atomic E-state index is -0.845. The van der Waals surface area contributed by atoms with Gasteiger partial charge in [0.1, 0.15) is 0 Å². The summed E-state index contributed by atoms with van der Waals surface area (Å²) in [6, 6.07) is 3.83. The Morgan fingerprint density at radius 3 is 2.44 bits per heavy atom. The topological polar surface area (TPSA) is 61.8 Å². The zero-order valence-corrected chi connectivity index (χ0v) is 15.8. The Hall–Kier alpha value is -1.72. The van der Waals surface area contributed by atoms with Crippen LogP contribution in [0, 0.1) is 20.8 Å². The first-order chi connectivity index (χ1) is 11.8. The summed E-state index contributed by atoms with van der Waals surface area (Å²) in [6.07, 6.45) is 0.450. The lowest BCUT2D eigenvalue weighted by Crippen LogP contribution is -2.33. The smallest absolute Gasteiger partial charge is 0.335 e. The molecule has 3 atom stereocenters. The molecule has 0 amide bonds. The molecule has 5 heteroatoms. The van der Waals surface area contributed by atoms with Crippen molar-refractivity contribution in [2.45, 2.75) is 65.8 Å². The maximum atomic E-state index is 12.6. The van der Waals surface area contributed by atoms with E-state index in [2.05, 4.69) is 0 Å². The SMILES string of the molecule is Cc1cc(C)c(C(=O)C(C)OC(=O)C(C)OCC2CCCO2)cc1C. The third kappa shape index (κ3) is 5.13. The molecule has 138 valence electrons. The highest BCUT2D eigenvalue weighted by Gasteiger charge is 2.26. The fourth-order valence-electron chi connectivity index (χ4n) is 2.86. The third-order valence-electron chi connectivity index (χ3n) is 4.66. The highest BCUT2D eigenvalue weighted by molar-refractivity contribution is 6.01. The molecule has 0 spiro atoms. The van der Waals surface area contributed by atoms with E-state index < -0.39 is 18.2 Å². The van der Waals surface area contributed by atoms with Gasteiger partial charge in [0.05, 0.1) is 12.7 Å². The average Bonchev–Trinajstić information content (AvgIpc) is 3.08. The van der Waals surface area contributed by atoms with Crippen molar-refractivity contribution in [2.24, 2.45) is 0 Å². The highest BCUT2D eigenvalue weighted by Crippen LogP contribution is 2.18. The van der Waals surface area contributed by atoms with Gasteiger partial charge in [0.25, 0.3) is 0 Å². The van der Waals surface area contributed by atoms with Gasteiger partial charge in [-0.05, 0) is 70.2 Å². The summed E-state index contributed by atoms with van der Waals surface area (Å²) in [7, 11) is 0. The standard InChI is InChI=1S/C20H28O5/c1-12-9-14(3)18(10-13(12)2)19(21)15(4)25-20(22)16(5)24-11-17-7-6-8-23-17/h9-10,15-17H,6-8,11H2,1-5H3. The number of ether oxygens (including phenoxy) is 3. The number of esters is 1. The van der Waals surface area contributed by atoms with Crippen molar-refractivity contribution in [3.63, 3.8) is 0 Å². The van der Waals surface area contributed by atoms with Crippen molar-refractivity contribution in [3.8, 4) is 0 Å². The van der Waals surface area contributed by atoms with Crippen LogP contribution in [0.1, 0.15) is 53.7 Å². The number of rotatable bonds is 7. The van der Waals surface area contributed by atoms with Crippen LogP contribution in [0.3, 0.4) is 0 Å². The van der Waals surface area contributed by atoms with E-state index in [0.29, 0.717) is 12.2 Å². The molecule has 0 aliphatic carbocycles. The summed E-state index contributed by atoms with van der Waals surface area (Å²) in [5, 5.41) is 0. The second-order valence-corrected chi connectivity index (χ2v) is 6.81. The van der Waals surface area contributed by atoms with Crippen molar-refractivity contribution in [2.75, 3.05) is 13.2 Å². The zero-order valence-electron chi connectivity index (χ0n) is 15.8. The Morgan fingerprint density at radius 1 is 1.12 bits per heavy atom. The first kappa shape index (κ1) is 19.6. The molecule has 1 aromatic carbocycles. The predicted molar refractivity (Wildman–Crippen MR) is 94.9 cm³/mol. The maximum absolute atomic E-state index is 12.6. The molecule has 0 saturated carbocycles. The van der Waals surface area contributed by atoms with Gasteiger partial charge in [0.2, 0.25) is 5.78 Å². The van der Waals surface area contributed by atoms with Crippen LogP contribution in [0.2, 0.25) is 0 Å². The molecule has 1 saturated heterocycles. The lowest BCUT2D eigenvalue weighted by molar-refractivity contribution is -0.160. The van der Waals surface area contributed by atoms with Gasteiger partial charge in [-0.25, -0.2) is 4.79 Å². The normalized spacial score (nSPS) is 19.5. The van der Waals surface area contributed by atoms with Gasteiger partial charge in [-0.2, -0.15) is 0 Å². The summed E-state index contributed by atoms with van der Waals surface area (Å²) in [6.45, 7) is 10.2. The second kappa shape index (κ2) is 8.59. The van der Waals surface area contributed by atoms with Gasteiger partial charge in [-0.1, -0.05) is 6.07 Å². The zero-order chi connectivity index (χ0) is 18.6. The molecule has 3 unspecified atom stereocenters. The minimum absolute atomic E-state index is 0.0486. The minimum Gasteiger partial charge on any atom is -0.452 e. The van der Waals surface area contributed by atoms with Crippen LogP contribution >= 0.6 is 0 Å². The first-order valence-corrected chi connectivity index (χ1v) is 8.85. The van der Waals surface area contributed by atoms with Crippen molar-refractivity contribution in [3.05, 3.63) is 34.4 Å². The second-order valence-electron chi connectivity index (χ2n) is 6.81. The number of ketones is 1. The molecular formula is C20H28O5. The number of Topliss-reactive ketones (excluding diaryl/α,β-unsaturated/α-hetero) is 1. The monoisotopic (exact) mass is 348 g/mol. The van der Waals surface area contributed by atoms with E-state index in [0.717, 1.165) is 36.1 Å². The molecule has 1 aliphatic rings. The molecule has 1 fully saturated rings. The van der Waals surface area contributed by atoms with Crippen LogP contribution in [0.5, 0.6) is 0 Å². The van der Waals surface area contributed by atoms with Crippen LogP contribution in [0.15, 0.2) is 12.1 Å². The van der Waals surface area contributed by atoms with Crippen LogP contribution in [-0.2, 0) is 19.0 Å². The van der Waals surface area contributed by atoms with Crippen LogP contribution in [0.25, 0.3) is 0 Å². The van der Waals surface area contributed by atoms with E-state index in [9.17, 15) is 9.59 Å². The molecule has 1 aliphatic heterocycles. The van der Waals surface area contributed by atoms with Crippen molar-refractivity contribution >= 4 is 11.8 Å². The Balaban J connectivity index is 1.91. The number of aryl methyl sites for hydroxylation is 3. The predicted octanol–water partition coefficient (Wildman–Crippen LogP) is 3.31. The van der Waals surface area contributed by atoms with E-state index >= 15 is 0 Å². The van der Waals surface area contributed by atoms with E-state index in [1.54, 1.807) is 13.8 Å². The van der Waals surface area contributed by atoms with Crippen molar-refractivity contribution in [1.82, 2.24) is 0 Å². The summed E-state index contributed by atoms with van der Waals surface area (Å²) in [4.78, 5) is 24.8. The molecule has 0 N–H and O–H groups in total. The van der Waals surface area contributed by atoms with Gasteiger partial charge in [0.15, 0.2) is 12.2 Å². The van der Waals surface area contributed by atoms with E-state index in [-0.39, 0.29) is 11.9 Å². The van der Waals surface area contributed by atoms with Gasteiger partial charge >= 0.3 is 5.97 Å². The fraction of sp³-hybridized carbons (Fsp3) is 0.600. The molecule has 25 heavy (non-hydrogen) atoms. The Kier molecular flexibility index (Phi) is 6.73. The van der Waals surface area contributed by atoms with Gasteiger partial charge in [0, 0.05) is 12.2 Å². The van der Waals surface area contributed by atoms with Crippen molar-refractivity contribution in [1.29, 1.82) is 0 Å². The Morgan fingerprint density at radius 2 is 1.80 bits per heavy atom. The van der Waals surface area contributed by atoms with E-state index in [1.165, 1.54) is 0 Å². The van der Waals surface area contributed by atoms with E-state index in [1.807, 2.05) is 32.9 Å². The molecular weight excluding hydrogens is 320 g/mol. The Labute approximate surface area is 149 Å². The number of hydrogen-bond donors (Lipinski definition) is 0. The lowest BCUT2D eigenvalue weighted by atomic mass is 9.96. The third-order valence-corrected chi connectivity index (χ3v) is 4.66. The fourth-order valence-corrected chi connectivity index (χ4v) is 2.86. The van der Waals surface area contributed by atoms with E-state index in [4.69, 9.17) is 14.2 Å². The van der Waals surface area contributed by atoms with Gasteiger partial charge in [-0.3, -0.25) is 4.79 Å². The maximum Gasteiger partial charge on any atom is 0.335 e. The molecule has 0 radical (unpaired) electrons. The van der Waals surface area contributed by atoms with Crippen LogP contribution < -0.4 is 0 Å². The van der Waals surface area contributed by atoms with Gasteiger partial charge < -0.3 is 14.2 Å². The molecule has 0 bridgehead atoms. The average molecular weight is 348 g/mol. The van der Waals surface area contributed by atoms with Crippen molar-refractivity contribution < 1.29 is 23.8 Å². The first-order valence-electron chi connectivity index (χ1n) is 8.85. The molecule has 5 nitrogen and oxygen atoms in total. The number of benzene rings is 1. The van der Waals surface area contributed by atoms with Crippen LogP contribution in [0.4, 0.5) is 0 Å². The number of carbonyl (C=O) groups is 2. The Bertz CT molecular complexity index is 631. The summed E-state index contributed by atoms with van der Waals surface area (Å²) in [5.74, 6) is -0.722. The van der Waals surface area contributed by atoms with Crippen LogP contribution in [-0.4, -0.2) is 43.3 Å². The quantitative estimate of drug-likeness (QED) is 0.559. The summed E-state index contributed by atoms with van der Waals surface area (Å²) in [5.41, 5.74) is 3.66. The molecule has 2 rings (SSSR count). The highest BCUT2D eigenvalue weighted by atomic mass is 16.6. The number of carbonyl (C=O) groups excluding carboxylic acids is 2. The summed E-state index contributed by atoms with van der Waals surface area (Å²) < 4.78 is 16.3. The molecule has 1 heterocycles. The molecule has 0 aromatic heterocycles. The summed E-state index contributed by atoms with van der Waals surface area (Å²) >= 11 is 0. The largest absolute Gasteiger partial charge is 0.452 e. The van der Waals surface area contributed by atoms with Gasteiger partial charge in [-0.15, -0.1) is 0 Å².